The third-order valence-corrected chi connectivity index (χ3v) is 8.76. The summed E-state index contributed by atoms with van der Waals surface area (Å²) in [6.07, 6.45) is 0. The van der Waals surface area contributed by atoms with E-state index in [1.54, 1.807) is 0 Å². The lowest BCUT2D eigenvalue weighted by molar-refractivity contribution is 0.669. The summed E-state index contributed by atoms with van der Waals surface area (Å²) in [5, 5.41) is 4.37. The van der Waals surface area contributed by atoms with E-state index in [0.29, 0.717) is 17.5 Å². The van der Waals surface area contributed by atoms with Gasteiger partial charge in [0, 0.05) is 27.5 Å². The molecule has 0 amide bonds. The summed E-state index contributed by atoms with van der Waals surface area (Å²) < 4.78 is 6.37. The Bertz CT molecular complexity index is 2540. The van der Waals surface area contributed by atoms with E-state index < -0.39 is 0 Å². The van der Waals surface area contributed by atoms with Crippen molar-refractivity contribution < 1.29 is 4.42 Å². The molecule has 220 valence electrons. The Morgan fingerprint density at radius 1 is 0.319 bits per heavy atom. The minimum absolute atomic E-state index is 0.607. The topological polar surface area (TPSA) is 51.8 Å². The lowest BCUT2D eigenvalue weighted by Gasteiger charge is -2.10. The van der Waals surface area contributed by atoms with Crippen LogP contribution in [0, 0.1) is 0 Å². The van der Waals surface area contributed by atoms with Gasteiger partial charge in [-0.05, 0) is 45.2 Å². The zero-order chi connectivity index (χ0) is 31.2. The lowest BCUT2D eigenvalue weighted by atomic mass is 9.99. The summed E-state index contributed by atoms with van der Waals surface area (Å²) in [5.41, 5.74) is 9.11. The Morgan fingerprint density at radius 2 is 0.809 bits per heavy atom. The van der Waals surface area contributed by atoms with E-state index in [4.69, 9.17) is 19.4 Å². The van der Waals surface area contributed by atoms with Crippen LogP contribution in [0.5, 0.6) is 0 Å². The molecule has 9 rings (SSSR count). The summed E-state index contributed by atoms with van der Waals surface area (Å²) in [5.74, 6) is 1.85. The zero-order valence-electron chi connectivity index (χ0n) is 25.3. The van der Waals surface area contributed by atoms with Gasteiger partial charge >= 0.3 is 0 Å². The van der Waals surface area contributed by atoms with Crippen molar-refractivity contribution in [3.05, 3.63) is 164 Å². The molecule has 2 aromatic heterocycles. The van der Waals surface area contributed by atoms with Gasteiger partial charge in [-0.2, -0.15) is 0 Å². The van der Waals surface area contributed by atoms with Crippen molar-refractivity contribution in [3.8, 4) is 56.4 Å². The van der Waals surface area contributed by atoms with Crippen molar-refractivity contribution in [2.45, 2.75) is 0 Å². The number of aromatic nitrogens is 3. The molecule has 47 heavy (non-hydrogen) atoms. The maximum Gasteiger partial charge on any atom is 0.164 e. The van der Waals surface area contributed by atoms with E-state index in [9.17, 15) is 0 Å². The number of fused-ring (bicyclic) bond motifs is 5. The highest BCUT2D eigenvalue weighted by Crippen LogP contribution is 2.40. The molecular formula is C43H27N3O. The molecule has 0 aliphatic heterocycles. The second-order valence-corrected chi connectivity index (χ2v) is 11.6. The van der Waals surface area contributed by atoms with E-state index >= 15 is 0 Å². The van der Waals surface area contributed by atoms with E-state index in [-0.39, 0.29) is 0 Å². The van der Waals surface area contributed by atoms with Crippen molar-refractivity contribution in [3.63, 3.8) is 0 Å². The van der Waals surface area contributed by atoms with Crippen LogP contribution in [0.1, 0.15) is 0 Å². The van der Waals surface area contributed by atoms with Gasteiger partial charge in [-0.1, -0.05) is 152 Å². The summed E-state index contributed by atoms with van der Waals surface area (Å²) in [7, 11) is 0. The first-order chi connectivity index (χ1) is 23.3. The molecule has 0 bridgehead atoms. The van der Waals surface area contributed by atoms with Gasteiger partial charge in [0.15, 0.2) is 17.5 Å². The molecule has 0 aliphatic carbocycles. The molecule has 0 fully saturated rings. The molecular weight excluding hydrogens is 574 g/mol. The Labute approximate surface area is 271 Å². The number of nitrogens with zero attached hydrogens (tertiary/aromatic N) is 3. The Kier molecular flexibility index (Phi) is 6.43. The standard InChI is InChI=1S/C43H27N3O/c1-3-10-28(11-4-1)29-18-20-30(21-19-29)31-22-24-34(25-23-31)42-44-41(33-13-5-2-6-14-33)45-43(46-42)36-16-9-17-37-40(36)39-35-15-8-7-12-32(35)26-27-38(39)47-37/h1-27H. The second kappa shape index (κ2) is 11.2. The quantitative estimate of drug-likeness (QED) is 0.197. The monoisotopic (exact) mass is 601 g/mol. The van der Waals surface area contributed by atoms with Crippen molar-refractivity contribution in [1.82, 2.24) is 15.0 Å². The lowest BCUT2D eigenvalue weighted by Crippen LogP contribution is -2.00. The third-order valence-electron chi connectivity index (χ3n) is 8.76. The first-order valence-electron chi connectivity index (χ1n) is 15.7. The van der Waals surface area contributed by atoms with Gasteiger partial charge in [0.2, 0.25) is 0 Å². The molecule has 9 aromatic rings. The highest BCUT2D eigenvalue weighted by atomic mass is 16.3. The maximum atomic E-state index is 6.37. The van der Waals surface area contributed by atoms with E-state index in [2.05, 4.69) is 109 Å². The molecule has 0 unspecified atom stereocenters. The summed E-state index contributed by atoms with van der Waals surface area (Å²) >= 11 is 0. The average molecular weight is 602 g/mol. The second-order valence-electron chi connectivity index (χ2n) is 11.6. The number of furan rings is 1. The number of benzene rings is 7. The number of hydrogen-bond acceptors (Lipinski definition) is 4. The molecule has 4 nitrogen and oxygen atoms in total. The molecule has 4 heteroatoms. The minimum Gasteiger partial charge on any atom is -0.456 e. The first kappa shape index (κ1) is 27.0. The minimum atomic E-state index is 0.607. The van der Waals surface area contributed by atoms with Crippen LogP contribution in [0.2, 0.25) is 0 Å². The molecule has 0 radical (unpaired) electrons. The maximum absolute atomic E-state index is 6.37. The van der Waals surface area contributed by atoms with Crippen LogP contribution in [0.3, 0.4) is 0 Å². The smallest absolute Gasteiger partial charge is 0.164 e. The fourth-order valence-electron chi connectivity index (χ4n) is 6.41. The molecule has 0 saturated heterocycles. The van der Waals surface area contributed by atoms with Gasteiger partial charge in [0.25, 0.3) is 0 Å². The Morgan fingerprint density at radius 3 is 1.47 bits per heavy atom. The normalized spacial score (nSPS) is 11.4. The summed E-state index contributed by atoms with van der Waals surface area (Å²) in [4.78, 5) is 15.1. The highest BCUT2D eigenvalue weighted by molar-refractivity contribution is 6.22. The van der Waals surface area contributed by atoms with Gasteiger partial charge in [-0.15, -0.1) is 0 Å². The van der Waals surface area contributed by atoms with Crippen molar-refractivity contribution in [1.29, 1.82) is 0 Å². The van der Waals surface area contributed by atoms with Gasteiger partial charge in [0.05, 0.1) is 0 Å². The first-order valence-corrected chi connectivity index (χ1v) is 15.7. The molecule has 0 N–H and O–H groups in total. The van der Waals surface area contributed by atoms with E-state index in [0.717, 1.165) is 60.5 Å². The number of hydrogen-bond donors (Lipinski definition) is 0. The largest absolute Gasteiger partial charge is 0.456 e. The predicted octanol–water partition coefficient (Wildman–Crippen LogP) is 11.3. The SMILES string of the molecule is c1ccc(-c2ccc(-c3ccc(-c4nc(-c5ccccc5)nc(-c5cccc6oc7ccc8ccccc8c7c56)n4)cc3)cc2)cc1. The van der Waals surface area contributed by atoms with Gasteiger partial charge in [-0.3, -0.25) is 0 Å². The Balaban J connectivity index is 1.17. The van der Waals surface area contributed by atoms with Crippen LogP contribution < -0.4 is 0 Å². The van der Waals surface area contributed by atoms with Crippen molar-refractivity contribution in [2.24, 2.45) is 0 Å². The molecule has 0 saturated carbocycles. The third kappa shape index (κ3) is 4.84. The van der Waals surface area contributed by atoms with E-state index in [1.165, 1.54) is 11.1 Å². The van der Waals surface area contributed by atoms with Crippen LogP contribution in [0.4, 0.5) is 0 Å². The van der Waals surface area contributed by atoms with Crippen LogP contribution in [-0.4, -0.2) is 15.0 Å². The Hall–Kier alpha value is -6.39. The van der Waals surface area contributed by atoms with Crippen LogP contribution in [0.25, 0.3) is 89.1 Å². The van der Waals surface area contributed by atoms with Gasteiger partial charge in [0.1, 0.15) is 11.2 Å². The van der Waals surface area contributed by atoms with Crippen molar-refractivity contribution in [2.75, 3.05) is 0 Å². The highest BCUT2D eigenvalue weighted by Gasteiger charge is 2.19. The van der Waals surface area contributed by atoms with Crippen molar-refractivity contribution >= 4 is 32.7 Å². The number of rotatable bonds is 5. The van der Waals surface area contributed by atoms with Crippen LogP contribution in [-0.2, 0) is 0 Å². The average Bonchev–Trinajstić information content (AvgIpc) is 3.55. The van der Waals surface area contributed by atoms with Gasteiger partial charge < -0.3 is 4.42 Å². The molecule has 7 aromatic carbocycles. The molecule has 0 aliphatic rings. The predicted molar refractivity (Wildman–Crippen MR) is 192 cm³/mol. The zero-order valence-corrected chi connectivity index (χ0v) is 25.3. The van der Waals surface area contributed by atoms with Crippen LogP contribution >= 0.6 is 0 Å². The van der Waals surface area contributed by atoms with Gasteiger partial charge in [-0.25, -0.2) is 15.0 Å². The fraction of sp³-hybridized carbons (Fsp3) is 0. The molecule has 0 atom stereocenters. The summed E-state index contributed by atoms with van der Waals surface area (Å²) in [6, 6.07) is 56.3. The van der Waals surface area contributed by atoms with E-state index in [1.807, 2.05) is 54.6 Å². The molecule has 0 spiro atoms. The fourth-order valence-corrected chi connectivity index (χ4v) is 6.41. The van der Waals surface area contributed by atoms with Crippen LogP contribution in [0.15, 0.2) is 168 Å². The molecule has 2 heterocycles. The summed E-state index contributed by atoms with van der Waals surface area (Å²) in [6.45, 7) is 0.